The minimum absolute atomic E-state index is 0.0540. The number of carbonyl (C=O) groups excluding carboxylic acids is 1. The van der Waals surface area contributed by atoms with Gasteiger partial charge >= 0.3 is 5.97 Å². The Kier molecular flexibility index (Phi) is 6.93. The largest absolute Gasteiger partial charge is 0.497 e. The Morgan fingerprint density at radius 1 is 1.11 bits per heavy atom. The monoisotopic (exact) mass is 550 g/mol. The van der Waals surface area contributed by atoms with E-state index in [4.69, 9.17) is 9.47 Å². The maximum atomic E-state index is 13.2. The molecular formula is C28H26N2O6S2. The summed E-state index contributed by atoms with van der Waals surface area (Å²) in [6, 6.07) is 16.9. The van der Waals surface area contributed by atoms with Crippen molar-refractivity contribution in [2.45, 2.75) is 40.8 Å². The van der Waals surface area contributed by atoms with Gasteiger partial charge in [0.2, 0.25) is 9.84 Å². The van der Waals surface area contributed by atoms with Crippen molar-refractivity contribution in [3.05, 3.63) is 93.5 Å². The number of methoxy groups -OCH3 is 1. The fraction of sp³-hybridized carbons (Fsp3) is 0.214. The summed E-state index contributed by atoms with van der Waals surface area (Å²) in [5.41, 5.74) is 3.41. The lowest BCUT2D eigenvalue weighted by Gasteiger charge is -2.20. The van der Waals surface area contributed by atoms with Crippen LogP contribution in [0.4, 0.5) is 0 Å². The van der Waals surface area contributed by atoms with E-state index < -0.39 is 21.4 Å². The van der Waals surface area contributed by atoms with Gasteiger partial charge in [-0.05, 0) is 55.3 Å². The predicted octanol–water partition coefficient (Wildman–Crippen LogP) is 4.82. The number of aromatic amines is 1. The summed E-state index contributed by atoms with van der Waals surface area (Å²) in [7, 11) is -2.40. The highest BCUT2D eigenvalue weighted by molar-refractivity contribution is 7.98. The van der Waals surface area contributed by atoms with Crippen LogP contribution in [0.1, 0.15) is 34.2 Å². The van der Waals surface area contributed by atoms with Gasteiger partial charge in [0.1, 0.15) is 16.3 Å². The third kappa shape index (κ3) is 4.43. The summed E-state index contributed by atoms with van der Waals surface area (Å²) in [6.45, 7) is 4.21. The van der Waals surface area contributed by atoms with Gasteiger partial charge in [-0.1, -0.05) is 30.3 Å². The zero-order chi connectivity index (χ0) is 27.0. The molecule has 0 fully saturated rings. The molecule has 0 amide bonds. The molecule has 0 radical (unpaired) electrons. The van der Waals surface area contributed by atoms with Gasteiger partial charge in [-0.3, -0.25) is 4.79 Å². The van der Waals surface area contributed by atoms with Gasteiger partial charge in [-0.15, -0.1) is 11.8 Å². The molecule has 5 rings (SSSR count). The number of rotatable bonds is 7. The molecule has 196 valence electrons. The van der Waals surface area contributed by atoms with Crippen LogP contribution < -0.4 is 10.3 Å². The van der Waals surface area contributed by atoms with Crippen LogP contribution in [-0.2, 0) is 26.9 Å². The van der Waals surface area contributed by atoms with Crippen molar-refractivity contribution in [2.24, 2.45) is 0 Å². The Bertz CT molecular complexity index is 1690. The lowest BCUT2D eigenvalue weighted by molar-refractivity contribution is 0.0513. The molecule has 3 heterocycles. The van der Waals surface area contributed by atoms with E-state index in [0.29, 0.717) is 34.1 Å². The van der Waals surface area contributed by atoms with Crippen molar-refractivity contribution in [3.63, 3.8) is 0 Å². The fourth-order valence-electron chi connectivity index (χ4n) is 4.71. The van der Waals surface area contributed by atoms with Crippen molar-refractivity contribution < 1.29 is 22.7 Å². The van der Waals surface area contributed by atoms with Gasteiger partial charge in [0.05, 0.1) is 24.3 Å². The number of aromatic nitrogens is 2. The molecule has 4 aromatic rings. The van der Waals surface area contributed by atoms with Gasteiger partial charge in [0, 0.05) is 28.5 Å². The molecule has 0 bridgehead atoms. The molecule has 2 aromatic carbocycles. The number of hydrogen-bond donors (Lipinski definition) is 1. The number of esters is 1. The number of nitrogens with zero attached hydrogens (tertiary/aromatic N) is 1. The van der Waals surface area contributed by atoms with Crippen molar-refractivity contribution in [2.75, 3.05) is 13.7 Å². The molecule has 0 saturated carbocycles. The van der Waals surface area contributed by atoms with Crippen molar-refractivity contribution in [1.82, 2.24) is 9.55 Å². The van der Waals surface area contributed by atoms with Crippen LogP contribution in [0.5, 0.6) is 5.75 Å². The standard InChI is InChI=1S/C28H26N2O6S2/c1-4-36-28(32)26-17(2)24-21(30(26)15-18-10-12-19(35-3)13-11-18)16-37-22-14-23(27(31)29-25(22)24)38(33,34)20-8-6-5-7-9-20/h5-14H,4,15-16H2,1-3H3,(H,29,31). The number of sulfone groups is 1. The van der Waals surface area contributed by atoms with E-state index in [1.165, 1.54) is 30.0 Å². The first kappa shape index (κ1) is 25.9. The Labute approximate surface area is 224 Å². The first-order chi connectivity index (χ1) is 18.3. The lowest BCUT2D eigenvalue weighted by atomic mass is 10.1. The van der Waals surface area contributed by atoms with E-state index in [0.717, 1.165) is 22.6 Å². The summed E-state index contributed by atoms with van der Waals surface area (Å²) >= 11 is 1.42. The number of carbonyl (C=O) groups is 1. The smallest absolute Gasteiger partial charge is 0.355 e. The summed E-state index contributed by atoms with van der Waals surface area (Å²) < 4.78 is 39.0. The highest BCUT2D eigenvalue weighted by atomic mass is 32.2. The topological polar surface area (TPSA) is 107 Å². The van der Waals surface area contributed by atoms with Crippen molar-refractivity contribution in [1.29, 1.82) is 0 Å². The van der Waals surface area contributed by atoms with Crippen LogP contribution in [0, 0.1) is 6.92 Å². The van der Waals surface area contributed by atoms with E-state index in [-0.39, 0.29) is 16.4 Å². The van der Waals surface area contributed by atoms with Gasteiger partial charge in [-0.2, -0.15) is 0 Å². The molecule has 1 aliphatic heterocycles. The molecular weight excluding hydrogens is 524 g/mol. The van der Waals surface area contributed by atoms with Crippen LogP contribution in [-0.4, -0.2) is 37.7 Å². The molecule has 1 N–H and O–H groups in total. The number of thioether (sulfide) groups is 1. The predicted molar refractivity (Wildman–Crippen MR) is 145 cm³/mol. The molecule has 0 unspecified atom stereocenters. The summed E-state index contributed by atoms with van der Waals surface area (Å²) in [5, 5.41) is 0. The molecule has 0 aliphatic carbocycles. The van der Waals surface area contributed by atoms with E-state index in [1.54, 1.807) is 32.2 Å². The highest BCUT2D eigenvalue weighted by Gasteiger charge is 2.33. The second-order valence-corrected chi connectivity index (χ2v) is 11.7. The number of ether oxygens (including phenoxy) is 2. The van der Waals surface area contributed by atoms with Crippen LogP contribution in [0.3, 0.4) is 0 Å². The van der Waals surface area contributed by atoms with Crippen LogP contribution in [0.15, 0.2) is 80.1 Å². The number of benzene rings is 2. The maximum absolute atomic E-state index is 13.2. The van der Waals surface area contributed by atoms with Crippen LogP contribution in [0.2, 0.25) is 0 Å². The van der Waals surface area contributed by atoms with Crippen LogP contribution >= 0.6 is 11.8 Å². The molecule has 0 saturated heterocycles. The molecule has 1 aliphatic rings. The second-order valence-electron chi connectivity index (χ2n) is 8.76. The number of nitrogens with one attached hydrogen (secondary N) is 1. The molecule has 38 heavy (non-hydrogen) atoms. The van der Waals surface area contributed by atoms with Gasteiger partial charge in [-0.25, -0.2) is 13.2 Å². The fourth-order valence-corrected chi connectivity index (χ4v) is 7.21. The first-order valence-corrected chi connectivity index (χ1v) is 14.5. The molecule has 8 nitrogen and oxygen atoms in total. The third-order valence-electron chi connectivity index (χ3n) is 6.51. The average Bonchev–Trinajstić information content (AvgIpc) is 3.20. The van der Waals surface area contributed by atoms with Crippen LogP contribution in [0.25, 0.3) is 11.3 Å². The lowest BCUT2D eigenvalue weighted by Crippen LogP contribution is -2.20. The molecule has 10 heteroatoms. The maximum Gasteiger partial charge on any atom is 0.355 e. The third-order valence-corrected chi connectivity index (χ3v) is 9.34. The average molecular weight is 551 g/mol. The quantitative estimate of drug-likeness (QED) is 0.329. The van der Waals surface area contributed by atoms with Crippen molar-refractivity contribution >= 4 is 27.6 Å². The van der Waals surface area contributed by atoms with E-state index in [1.807, 2.05) is 35.8 Å². The SMILES string of the molecule is CCOC(=O)c1c(C)c2c(n1Cc1ccc(OC)cc1)CSc1cc(S(=O)(=O)c3ccccc3)c(=O)[nH]c1-2. The van der Waals surface area contributed by atoms with E-state index in [2.05, 4.69) is 4.98 Å². The molecule has 0 spiro atoms. The summed E-state index contributed by atoms with van der Waals surface area (Å²) in [6.07, 6.45) is 0. The summed E-state index contributed by atoms with van der Waals surface area (Å²) in [5.74, 6) is 0.758. The number of hydrogen-bond acceptors (Lipinski definition) is 7. The Morgan fingerprint density at radius 3 is 2.47 bits per heavy atom. The Hall–Kier alpha value is -3.76. The van der Waals surface area contributed by atoms with Gasteiger partial charge in [0.25, 0.3) is 5.56 Å². The van der Waals surface area contributed by atoms with E-state index in [9.17, 15) is 18.0 Å². The summed E-state index contributed by atoms with van der Waals surface area (Å²) in [4.78, 5) is 29.5. The minimum atomic E-state index is -4.01. The molecule has 2 aromatic heterocycles. The van der Waals surface area contributed by atoms with Crippen molar-refractivity contribution in [3.8, 4) is 17.0 Å². The van der Waals surface area contributed by atoms with E-state index >= 15 is 0 Å². The van der Waals surface area contributed by atoms with Gasteiger partial charge in [0.15, 0.2) is 0 Å². The number of fused-ring (bicyclic) bond motifs is 3. The normalized spacial score (nSPS) is 12.5. The molecule has 0 atom stereocenters. The Morgan fingerprint density at radius 2 is 1.82 bits per heavy atom. The first-order valence-electron chi connectivity index (χ1n) is 12.0. The highest BCUT2D eigenvalue weighted by Crippen LogP contribution is 2.45. The Balaban J connectivity index is 1.66. The number of pyridine rings is 1. The zero-order valence-corrected chi connectivity index (χ0v) is 22.7. The zero-order valence-electron chi connectivity index (χ0n) is 21.1. The number of H-pyrrole nitrogens is 1. The van der Waals surface area contributed by atoms with Gasteiger partial charge < -0.3 is 19.0 Å². The second kappa shape index (κ2) is 10.2. The minimum Gasteiger partial charge on any atom is -0.497 e.